The fourth-order valence-electron chi connectivity index (χ4n) is 1.98. The van der Waals surface area contributed by atoms with Crippen molar-refractivity contribution in [2.45, 2.75) is 18.9 Å². The maximum Gasteiger partial charge on any atom is 0.490 e. The van der Waals surface area contributed by atoms with Gasteiger partial charge in [-0.1, -0.05) is 24.3 Å². The molecule has 0 aromatic heterocycles. The van der Waals surface area contributed by atoms with Crippen LogP contribution in [0.25, 0.3) is 0 Å². The van der Waals surface area contributed by atoms with Crippen LogP contribution in [-0.4, -0.2) is 59.4 Å². The Morgan fingerprint density at radius 3 is 1.78 bits per heavy atom. The van der Waals surface area contributed by atoms with Gasteiger partial charge in [0.2, 0.25) is 0 Å². The summed E-state index contributed by atoms with van der Waals surface area (Å²) in [7, 11) is 0. The topological polar surface area (TPSA) is 189 Å². The van der Waals surface area contributed by atoms with Gasteiger partial charge < -0.3 is 31.7 Å². The molecule has 8 N–H and O–H groups in total. The average molecular weight is 540 g/mol. The SMILES string of the molecule is N=C(N)c1cccc(OCCNC(=O)c2ccc(CN)cc2)c1.O=C(O)C(F)(F)F.O=C(O)C(F)(F)F. The van der Waals surface area contributed by atoms with Gasteiger partial charge in [0.25, 0.3) is 5.91 Å². The Labute approximate surface area is 205 Å². The number of alkyl halides is 6. The highest BCUT2D eigenvalue weighted by Gasteiger charge is 2.38. The summed E-state index contributed by atoms with van der Waals surface area (Å²) >= 11 is 0. The summed E-state index contributed by atoms with van der Waals surface area (Å²) in [5, 5.41) is 24.4. The third-order valence-corrected chi connectivity index (χ3v) is 3.74. The number of nitrogens with one attached hydrogen (secondary N) is 2. The van der Waals surface area contributed by atoms with E-state index in [1.54, 1.807) is 36.4 Å². The van der Waals surface area contributed by atoms with Gasteiger partial charge >= 0.3 is 24.3 Å². The molecule has 0 heterocycles. The third kappa shape index (κ3) is 14.0. The number of carbonyl (C=O) groups is 3. The number of rotatable bonds is 7. The van der Waals surface area contributed by atoms with Crippen molar-refractivity contribution >= 4 is 23.7 Å². The molecule has 204 valence electrons. The fraction of sp³-hybridized carbons (Fsp3) is 0.238. The van der Waals surface area contributed by atoms with Gasteiger partial charge in [-0.3, -0.25) is 10.2 Å². The van der Waals surface area contributed by atoms with Crippen molar-refractivity contribution < 1.29 is 55.7 Å². The molecule has 0 fully saturated rings. The van der Waals surface area contributed by atoms with E-state index in [0.717, 1.165) is 5.56 Å². The number of nitrogens with two attached hydrogens (primary N) is 2. The number of nitrogen functional groups attached to an aromatic ring is 1. The van der Waals surface area contributed by atoms with Crippen LogP contribution in [0.2, 0.25) is 0 Å². The predicted octanol–water partition coefficient (Wildman–Crippen LogP) is 2.50. The summed E-state index contributed by atoms with van der Waals surface area (Å²) < 4.78 is 69.0. The van der Waals surface area contributed by atoms with Crippen LogP contribution >= 0.6 is 0 Å². The molecule has 0 atom stereocenters. The second kappa shape index (κ2) is 14.9. The van der Waals surface area contributed by atoms with Gasteiger partial charge in [-0.15, -0.1) is 0 Å². The summed E-state index contributed by atoms with van der Waals surface area (Å²) in [5.41, 5.74) is 13.1. The molecule has 0 radical (unpaired) electrons. The Bertz CT molecular complexity index is 1030. The molecule has 0 aliphatic rings. The second-order valence-corrected chi connectivity index (χ2v) is 6.55. The van der Waals surface area contributed by atoms with E-state index in [1.807, 2.05) is 12.1 Å². The van der Waals surface area contributed by atoms with Crippen molar-refractivity contribution in [2.24, 2.45) is 11.5 Å². The van der Waals surface area contributed by atoms with Gasteiger partial charge in [-0.05, 0) is 29.8 Å². The van der Waals surface area contributed by atoms with Crippen molar-refractivity contribution in [3.63, 3.8) is 0 Å². The van der Waals surface area contributed by atoms with E-state index >= 15 is 0 Å². The molecule has 10 nitrogen and oxygen atoms in total. The second-order valence-electron chi connectivity index (χ2n) is 6.55. The normalized spacial score (nSPS) is 10.6. The molecule has 2 rings (SSSR count). The minimum atomic E-state index is -5.08. The van der Waals surface area contributed by atoms with Crippen LogP contribution in [0.5, 0.6) is 5.75 Å². The van der Waals surface area contributed by atoms with E-state index in [2.05, 4.69) is 5.32 Å². The van der Waals surface area contributed by atoms with Crippen molar-refractivity contribution in [3.8, 4) is 5.75 Å². The van der Waals surface area contributed by atoms with E-state index in [9.17, 15) is 31.1 Å². The Balaban J connectivity index is 0.000000761. The monoisotopic (exact) mass is 540 g/mol. The number of hydrogen-bond donors (Lipinski definition) is 6. The molecule has 0 spiro atoms. The molecular formula is C21H22F6N4O6. The van der Waals surface area contributed by atoms with Crippen LogP contribution in [0.1, 0.15) is 21.5 Å². The van der Waals surface area contributed by atoms with E-state index in [4.69, 9.17) is 41.4 Å². The highest BCUT2D eigenvalue weighted by molar-refractivity contribution is 5.95. The quantitative estimate of drug-likeness (QED) is 0.134. The minimum Gasteiger partial charge on any atom is -0.492 e. The molecule has 0 unspecified atom stereocenters. The van der Waals surface area contributed by atoms with Crippen LogP contribution in [0.15, 0.2) is 48.5 Å². The zero-order valence-electron chi connectivity index (χ0n) is 18.7. The zero-order chi connectivity index (χ0) is 28.8. The zero-order valence-corrected chi connectivity index (χ0v) is 18.7. The van der Waals surface area contributed by atoms with Crippen LogP contribution < -0.4 is 21.5 Å². The molecule has 37 heavy (non-hydrogen) atoms. The fourth-order valence-corrected chi connectivity index (χ4v) is 1.98. The molecule has 1 amide bonds. The van der Waals surface area contributed by atoms with Gasteiger partial charge in [-0.2, -0.15) is 26.3 Å². The van der Waals surface area contributed by atoms with Gasteiger partial charge in [0.15, 0.2) is 0 Å². The Hall–Kier alpha value is -4.34. The number of carboxylic acids is 2. The number of halogens is 6. The largest absolute Gasteiger partial charge is 0.492 e. The van der Waals surface area contributed by atoms with Gasteiger partial charge in [0, 0.05) is 17.7 Å². The summed E-state index contributed by atoms with van der Waals surface area (Å²) in [6.07, 6.45) is -10.2. The summed E-state index contributed by atoms with van der Waals surface area (Å²) in [6, 6.07) is 14.1. The van der Waals surface area contributed by atoms with Crippen molar-refractivity contribution in [1.82, 2.24) is 5.32 Å². The number of amides is 1. The van der Waals surface area contributed by atoms with Gasteiger partial charge in [-0.25, -0.2) is 9.59 Å². The van der Waals surface area contributed by atoms with Crippen LogP contribution in [-0.2, 0) is 16.1 Å². The maximum absolute atomic E-state index is 12.0. The third-order valence-electron chi connectivity index (χ3n) is 3.74. The van der Waals surface area contributed by atoms with E-state index in [-0.39, 0.29) is 11.7 Å². The molecule has 0 saturated carbocycles. The number of hydrogen-bond acceptors (Lipinski definition) is 6. The number of amidine groups is 1. The van der Waals surface area contributed by atoms with Crippen molar-refractivity contribution in [3.05, 3.63) is 65.2 Å². The first-order valence-corrected chi connectivity index (χ1v) is 9.73. The van der Waals surface area contributed by atoms with Crippen molar-refractivity contribution in [1.29, 1.82) is 5.41 Å². The molecule has 16 heteroatoms. The summed E-state index contributed by atoms with van der Waals surface area (Å²) in [6.45, 7) is 1.16. The van der Waals surface area contributed by atoms with E-state index in [0.29, 0.717) is 36.6 Å². The Kier molecular flexibility index (Phi) is 13.2. The molecule has 0 aliphatic heterocycles. The number of aliphatic carboxylic acids is 2. The smallest absolute Gasteiger partial charge is 0.490 e. The molecule has 0 bridgehead atoms. The van der Waals surface area contributed by atoms with Crippen LogP contribution in [0, 0.1) is 5.41 Å². The average Bonchev–Trinajstić information content (AvgIpc) is 2.81. The molecule has 2 aromatic rings. The van der Waals surface area contributed by atoms with Gasteiger partial charge in [0.1, 0.15) is 18.2 Å². The predicted molar refractivity (Wildman–Crippen MR) is 117 cm³/mol. The lowest BCUT2D eigenvalue weighted by Crippen LogP contribution is -2.28. The summed E-state index contributed by atoms with van der Waals surface area (Å²) in [5.74, 6) is -5.07. The molecule has 0 aliphatic carbocycles. The van der Waals surface area contributed by atoms with Gasteiger partial charge in [0.05, 0.1) is 6.54 Å². The highest BCUT2D eigenvalue weighted by atomic mass is 19.4. The lowest BCUT2D eigenvalue weighted by molar-refractivity contribution is -0.193. The first-order valence-electron chi connectivity index (χ1n) is 9.73. The molecule has 2 aromatic carbocycles. The standard InChI is InChI=1S/C17H20N4O2.2C2HF3O2/c18-11-12-4-6-13(7-5-12)17(22)21-8-9-23-15-3-1-2-14(10-15)16(19)20;2*3-2(4,5)1(6)7/h1-7,10H,8-9,11,18H2,(H3,19,20)(H,21,22);2*(H,6,7). The Morgan fingerprint density at radius 1 is 0.892 bits per heavy atom. The van der Waals surface area contributed by atoms with Crippen molar-refractivity contribution in [2.75, 3.05) is 13.2 Å². The first-order chi connectivity index (χ1) is 17.0. The van der Waals surface area contributed by atoms with Crippen LogP contribution in [0.3, 0.4) is 0 Å². The lowest BCUT2D eigenvalue weighted by atomic mass is 10.1. The summed E-state index contributed by atoms with van der Waals surface area (Å²) in [4.78, 5) is 29.7. The van der Waals surface area contributed by atoms with E-state index < -0.39 is 24.3 Å². The number of ether oxygens (including phenoxy) is 1. The minimum absolute atomic E-state index is 0.00956. The molecular weight excluding hydrogens is 518 g/mol. The van der Waals surface area contributed by atoms with Crippen LogP contribution in [0.4, 0.5) is 26.3 Å². The molecule has 0 saturated heterocycles. The number of carbonyl (C=O) groups excluding carboxylic acids is 1. The first kappa shape index (κ1) is 32.7. The number of benzene rings is 2. The maximum atomic E-state index is 12.0. The van der Waals surface area contributed by atoms with E-state index in [1.165, 1.54) is 0 Å². The highest BCUT2D eigenvalue weighted by Crippen LogP contribution is 2.14. The number of carboxylic acid groups (broad SMARTS) is 2. The Morgan fingerprint density at radius 2 is 1.38 bits per heavy atom. The lowest BCUT2D eigenvalue weighted by Gasteiger charge is -2.09.